The Kier molecular flexibility index (Phi) is 4.48. The van der Waals surface area contributed by atoms with Gasteiger partial charge in [-0.15, -0.1) is 0 Å². The van der Waals surface area contributed by atoms with Crippen LogP contribution in [0.25, 0.3) is 0 Å². The lowest BCUT2D eigenvalue weighted by Gasteiger charge is -2.18. The van der Waals surface area contributed by atoms with Gasteiger partial charge >= 0.3 is 0 Å². The minimum atomic E-state index is -0.0867. The number of hydrogen-bond donors (Lipinski definition) is 3. The van der Waals surface area contributed by atoms with Crippen molar-refractivity contribution in [1.82, 2.24) is 0 Å². The molecule has 0 heterocycles. The molecule has 2 aromatic carbocycles. The van der Waals surface area contributed by atoms with Gasteiger partial charge in [-0.25, -0.2) is 0 Å². The summed E-state index contributed by atoms with van der Waals surface area (Å²) in [5, 5.41) is 15.5. The van der Waals surface area contributed by atoms with Gasteiger partial charge in [0.05, 0.1) is 0 Å². The molecule has 1 atom stereocenters. The number of rotatable bonds is 4. The van der Waals surface area contributed by atoms with Crippen LogP contribution in [0.15, 0.2) is 42.5 Å². The number of anilines is 2. The van der Waals surface area contributed by atoms with E-state index < -0.39 is 0 Å². The largest absolute Gasteiger partial charge is 0.508 e. The lowest BCUT2D eigenvalue weighted by molar-refractivity contribution is -0.114. The van der Waals surface area contributed by atoms with Gasteiger partial charge in [-0.05, 0) is 49.2 Å². The molecule has 0 bridgehead atoms. The van der Waals surface area contributed by atoms with Crippen LogP contribution >= 0.6 is 0 Å². The summed E-state index contributed by atoms with van der Waals surface area (Å²) in [5.74, 6) is 0.172. The highest BCUT2D eigenvalue weighted by molar-refractivity contribution is 5.89. The Bertz CT molecular complexity index is 636. The number of hydrogen-bond acceptors (Lipinski definition) is 3. The molecule has 4 nitrogen and oxygen atoms in total. The summed E-state index contributed by atoms with van der Waals surface area (Å²) in [6, 6.07) is 13.0. The van der Waals surface area contributed by atoms with E-state index in [1.807, 2.05) is 37.3 Å². The van der Waals surface area contributed by atoms with Gasteiger partial charge in [0, 0.05) is 24.3 Å². The van der Waals surface area contributed by atoms with E-state index in [9.17, 15) is 9.90 Å². The van der Waals surface area contributed by atoms with Crippen LogP contribution in [0, 0.1) is 6.92 Å². The van der Waals surface area contributed by atoms with Crippen LogP contribution in [0.1, 0.15) is 31.0 Å². The van der Waals surface area contributed by atoms with Gasteiger partial charge < -0.3 is 15.7 Å². The highest BCUT2D eigenvalue weighted by Gasteiger charge is 2.08. The third-order valence-corrected chi connectivity index (χ3v) is 3.32. The maximum absolute atomic E-state index is 11.1. The van der Waals surface area contributed by atoms with Gasteiger partial charge in [-0.2, -0.15) is 0 Å². The fourth-order valence-electron chi connectivity index (χ4n) is 2.14. The minimum Gasteiger partial charge on any atom is -0.508 e. The van der Waals surface area contributed by atoms with E-state index in [1.165, 1.54) is 6.92 Å². The van der Waals surface area contributed by atoms with E-state index in [0.29, 0.717) is 0 Å². The van der Waals surface area contributed by atoms with E-state index in [0.717, 1.165) is 22.5 Å². The van der Waals surface area contributed by atoms with Gasteiger partial charge in [-0.1, -0.05) is 18.2 Å². The van der Waals surface area contributed by atoms with Crippen molar-refractivity contribution < 1.29 is 9.90 Å². The molecule has 1 unspecified atom stereocenters. The number of carbonyl (C=O) groups is 1. The summed E-state index contributed by atoms with van der Waals surface area (Å²) < 4.78 is 0. The van der Waals surface area contributed by atoms with Crippen molar-refractivity contribution in [2.24, 2.45) is 0 Å². The normalized spacial score (nSPS) is 11.8. The summed E-state index contributed by atoms with van der Waals surface area (Å²) in [6.07, 6.45) is 0. The van der Waals surface area contributed by atoms with E-state index in [1.54, 1.807) is 12.1 Å². The summed E-state index contributed by atoms with van der Waals surface area (Å²) in [5.41, 5.74) is 3.93. The molecular weight excluding hydrogens is 264 g/mol. The first-order valence-corrected chi connectivity index (χ1v) is 6.89. The van der Waals surface area contributed by atoms with Crippen LogP contribution in [0.3, 0.4) is 0 Å². The zero-order chi connectivity index (χ0) is 15.4. The molecule has 0 saturated carbocycles. The SMILES string of the molecule is CC(=O)Nc1ccc(C)c(NC(C)c2ccc(O)cc2)c1. The zero-order valence-corrected chi connectivity index (χ0v) is 12.5. The third kappa shape index (κ3) is 3.99. The van der Waals surface area contributed by atoms with Crippen LogP contribution in [0.4, 0.5) is 11.4 Å². The Morgan fingerprint density at radius 1 is 1.14 bits per heavy atom. The fourth-order valence-corrected chi connectivity index (χ4v) is 2.14. The molecular formula is C17H20N2O2. The van der Waals surface area contributed by atoms with Crippen molar-refractivity contribution in [2.75, 3.05) is 10.6 Å². The van der Waals surface area contributed by atoms with Gasteiger partial charge in [-0.3, -0.25) is 4.79 Å². The predicted octanol–water partition coefficient (Wildman–Crippen LogP) is 3.83. The Hall–Kier alpha value is -2.49. The first-order chi connectivity index (χ1) is 9.95. The lowest BCUT2D eigenvalue weighted by atomic mass is 10.1. The quantitative estimate of drug-likeness (QED) is 0.799. The zero-order valence-electron chi connectivity index (χ0n) is 12.5. The molecule has 0 aliphatic heterocycles. The third-order valence-electron chi connectivity index (χ3n) is 3.32. The number of amides is 1. The van der Waals surface area contributed by atoms with Crippen molar-refractivity contribution in [3.05, 3.63) is 53.6 Å². The molecule has 0 aliphatic carbocycles. The average Bonchev–Trinajstić information content (AvgIpc) is 2.42. The van der Waals surface area contributed by atoms with Crippen molar-refractivity contribution >= 4 is 17.3 Å². The van der Waals surface area contributed by atoms with Crippen LogP contribution in [0.2, 0.25) is 0 Å². The second-order valence-electron chi connectivity index (χ2n) is 5.17. The Labute approximate surface area is 124 Å². The number of benzene rings is 2. The number of nitrogens with one attached hydrogen (secondary N) is 2. The smallest absolute Gasteiger partial charge is 0.221 e. The van der Waals surface area contributed by atoms with Gasteiger partial charge in [0.1, 0.15) is 5.75 Å². The molecule has 3 N–H and O–H groups in total. The van der Waals surface area contributed by atoms with Gasteiger partial charge in [0.2, 0.25) is 5.91 Å². The van der Waals surface area contributed by atoms with E-state index in [-0.39, 0.29) is 17.7 Å². The molecule has 2 rings (SSSR count). The topological polar surface area (TPSA) is 61.4 Å². The summed E-state index contributed by atoms with van der Waals surface area (Å²) in [7, 11) is 0. The van der Waals surface area contributed by atoms with Crippen LogP contribution in [-0.2, 0) is 4.79 Å². The number of aromatic hydroxyl groups is 1. The number of aryl methyl sites for hydroxylation is 1. The van der Waals surface area contributed by atoms with Crippen LogP contribution in [-0.4, -0.2) is 11.0 Å². The monoisotopic (exact) mass is 284 g/mol. The molecule has 0 radical (unpaired) electrons. The van der Waals surface area contributed by atoms with Crippen LogP contribution in [0.5, 0.6) is 5.75 Å². The van der Waals surface area contributed by atoms with Gasteiger partial charge in [0.25, 0.3) is 0 Å². The average molecular weight is 284 g/mol. The minimum absolute atomic E-state index is 0.0867. The Balaban J connectivity index is 2.17. The van der Waals surface area contributed by atoms with Gasteiger partial charge in [0.15, 0.2) is 0 Å². The molecule has 0 fully saturated rings. The molecule has 0 aromatic heterocycles. The van der Waals surface area contributed by atoms with Crippen molar-refractivity contribution in [2.45, 2.75) is 26.8 Å². The standard InChI is InChI=1S/C17H20N2O2/c1-11-4-7-15(19-13(3)20)10-17(11)18-12(2)14-5-8-16(21)9-6-14/h4-10,12,18,21H,1-3H3,(H,19,20). The molecule has 0 saturated heterocycles. The number of carbonyl (C=O) groups excluding carboxylic acids is 1. The number of phenols is 1. The second-order valence-corrected chi connectivity index (χ2v) is 5.17. The molecule has 2 aromatic rings. The predicted molar refractivity (Wildman–Crippen MR) is 85.6 cm³/mol. The molecule has 4 heteroatoms. The van der Waals surface area contributed by atoms with E-state index in [2.05, 4.69) is 17.6 Å². The molecule has 0 aliphatic rings. The highest BCUT2D eigenvalue weighted by Crippen LogP contribution is 2.26. The summed E-state index contributed by atoms with van der Waals surface area (Å²) in [4.78, 5) is 11.1. The maximum atomic E-state index is 11.1. The molecule has 110 valence electrons. The van der Waals surface area contributed by atoms with E-state index in [4.69, 9.17) is 0 Å². The molecule has 0 spiro atoms. The van der Waals surface area contributed by atoms with E-state index >= 15 is 0 Å². The highest BCUT2D eigenvalue weighted by atomic mass is 16.3. The maximum Gasteiger partial charge on any atom is 0.221 e. The van der Waals surface area contributed by atoms with Crippen molar-refractivity contribution in [3.63, 3.8) is 0 Å². The first kappa shape index (κ1) is 14.9. The summed E-state index contributed by atoms with van der Waals surface area (Å²) >= 11 is 0. The summed E-state index contributed by atoms with van der Waals surface area (Å²) in [6.45, 7) is 5.56. The Morgan fingerprint density at radius 2 is 1.81 bits per heavy atom. The Morgan fingerprint density at radius 3 is 2.43 bits per heavy atom. The fraction of sp³-hybridized carbons (Fsp3) is 0.235. The number of phenolic OH excluding ortho intramolecular Hbond substituents is 1. The molecule has 1 amide bonds. The second kappa shape index (κ2) is 6.31. The lowest BCUT2D eigenvalue weighted by Crippen LogP contribution is -2.09. The van der Waals surface area contributed by atoms with Crippen molar-refractivity contribution in [1.29, 1.82) is 0 Å². The first-order valence-electron chi connectivity index (χ1n) is 6.89. The van der Waals surface area contributed by atoms with Crippen LogP contribution < -0.4 is 10.6 Å². The van der Waals surface area contributed by atoms with Crippen molar-refractivity contribution in [3.8, 4) is 5.75 Å². The molecule has 21 heavy (non-hydrogen) atoms.